The Morgan fingerprint density at radius 2 is 1.69 bits per heavy atom. The Balaban J connectivity index is 1.63. The maximum Gasteiger partial charge on any atom is 0.325 e. The van der Waals surface area contributed by atoms with Gasteiger partial charge in [-0.3, -0.25) is 9.69 Å². The molecule has 3 amide bonds. The molecule has 4 aromatic rings. The number of carbonyl (C=O) groups excluding carboxylic acids is 2. The van der Waals surface area contributed by atoms with Crippen molar-refractivity contribution >= 4 is 34.6 Å². The zero-order valence-corrected chi connectivity index (χ0v) is 18.1. The molecule has 0 aliphatic carbocycles. The third-order valence-corrected chi connectivity index (χ3v) is 6.19. The first-order chi connectivity index (χ1) is 15.5. The number of nitrogens with zero attached hydrogens (tertiary/aromatic N) is 2. The smallest absolute Gasteiger partial charge is 0.325 e. The lowest BCUT2D eigenvalue weighted by atomic mass is 9.89. The van der Waals surface area contributed by atoms with Crippen molar-refractivity contribution in [3.8, 4) is 0 Å². The number of nitrogens with one attached hydrogen (secondary N) is 2. The standard InChI is InChI=1S/C25H21ClN4O2/c1-16(18-10-6-3-7-11-18)30-23(31)25(29-24(30)32,15-17-8-4-2-5-9-17)22-27-20-13-12-19(26)14-21(20)28-22/h2-14,16H,15H2,1H3,(H,27,28)(H,29,32)/t16-,25+/m1/s1. The van der Waals surface area contributed by atoms with E-state index in [1.54, 1.807) is 18.2 Å². The number of amides is 3. The number of rotatable bonds is 5. The van der Waals surface area contributed by atoms with Crippen LogP contribution in [0, 0.1) is 0 Å². The molecule has 0 spiro atoms. The van der Waals surface area contributed by atoms with Gasteiger partial charge in [-0.2, -0.15) is 0 Å². The Morgan fingerprint density at radius 3 is 2.41 bits per heavy atom. The molecule has 3 aromatic carbocycles. The van der Waals surface area contributed by atoms with Crippen molar-refractivity contribution in [3.63, 3.8) is 0 Å². The molecule has 2 N–H and O–H groups in total. The number of urea groups is 1. The van der Waals surface area contributed by atoms with Crippen LogP contribution >= 0.6 is 11.6 Å². The van der Waals surface area contributed by atoms with E-state index in [9.17, 15) is 9.59 Å². The molecule has 1 aliphatic heterocycles. The Bertz CT molecular complexity index is 1310. The van der Waals surface area contributed by atoms with Gasteiger partial charge in [0.2, 0.25) is 0 Å². The number of aromatic amines is 1. The van der Waals surface area contributed by atoms with Gasteiger partial charge in [-0.05, 0) is 36.2 Å². The number of carbonyl (C=O) groups is 2. The maximum absolute atomic E-state index is 14.0. The molecule has 1 aliphatic rings. The van der Waals surface area contributed by atoms with Gasteiger partial charge < -0.3 is 10.3 Å². The minimum atomic E-state index is -1.35. The highest BCUT2D eigenvalue weighted by Crippen LogP contribution is 2.36. The van der Waals surface area contributed by atoms with Gasteiger partial charge in [0.1, 0.15) is 5.82 Å². The van der Waals surface area contributed by atoms with E-state index < -0.39 is 17.6 Å². The van der Waals surface area contributed by atoms with Gasteiger partial charge in [-0.25, -0.2) is 9.78 Å². The molecule has 2 atom stereocenters. The number of fused-ring (bicyclic) bond motifs is 1. The number of H-pyrrole nitrogens is 1. The lowest BCUT2D eigenvalue weighted by Crippen LogP contribution is -2.47. The van der Waals surface area contributed by atoms with Crippen LogP contribution in [0.1, 0.15) is 29.9 Å². The molecule has 1 fully saturated rings. The van der Waals surface area contributed by atoms with E-state index in [4.69, 9.17) is 11.6 Å². The Labute approximate surface area is 190 Å². The minimum Gasteiger partial charge on any atom is -0.339 e. The van der Waals surface area contributed by atoms with Crippen LogP contribution < -0.4 is 5.32 Å². The van der Waals surface area contributed by atoms with Crippen LogP contribution in [0.15, 0.2) is 78.9 Å². The SMILES string of the molecule is C[C@H](c1ccccc1)N1C(=O)N[C@@](Cc2ccccc2)(c2nc3ccc(Cl)cc3[nH]2)C1=O. The third-order valence-electron chi connectivity index (χ3n) is 5.95. The van der Waals surface area contributed by atoms with E-state index in [0.29, 0.717) is 21.9 Å². The number of aromatic nitrogens is 2. The molecule has 160 valence electrons. The van der Waals surface area contributed by atoms with Crippen molar-refractivity contribution in [2.24, 2.45) is 0 Å². The predicted octanol–water partition coefficient (Wildman–Crippen LogP) is 4.97. The highest BCUT2D eigenvalue weighted by atomic mass is 35.5. The Kier molecular flexibility index (Phi) is 4.94. The van der Waals surface area contributed by atoms with E-state index >= 15 is 0 Å². The normalized spacial score (nSPS) is 19.4. The molecule has 1 aromatic heterocycles. The molecule has 0 saturated carbocycles. The molecule has 7 heteroatoms. The average molecular weight is 445 g/mol. The van der Waals surface area contributed by atoms with Crippen molar-refractivity contribution in [1.29, 1.82) is 0 Å². The quantitative estimate of drug-likeness (QED) is 0.427. The summed E-state index contributed by atoms with van der Waals surface area (Å²) in [6, 6.07) is 23.5. The number of hydrogen-bond acceptors (Lipinski definition) is 3. The maximum atomic E-state index is 14.0. The zero-order valence-electron chi connectivity index (χ0n) is 17.4. The fourth-order valence-electron chi connectivity index (χ4n) is 4.28. The molecule has 0 radical (unpaired) electrons. The molecule has 32 heavy (non-hydrogen) atoms. The largest absolute Gasteiger partial charge is 0.339 e. The number of imide groups is 1. The number of imidazole rings is 1. The number of benzene rings is 3. The first kappa shape index (κ1) is 20.3. The summed E-state index contributed by atoms with van der Waals surface area (Å²) < 4.78 is 0. The molecule has 2 heterocycles. The van der Waals surface area contributed by atoms with Crippen LogP contribution in [0.25, 0.3) is 11.0 Å². The summed E-state index contributed by atoms with van der Waals surface area (Å²) in [5.74, 6) is 0.0487. The van der Waals surface area contributed by atoms with Crippen molar-refractivity contribution in [2.45, 2.75) is 24.9 Å². The topological polar surface area (TPSA) is 78.1 Å². The average Bonchev–Trinajstić information content (AvgIpc) is 3.33. The third kappa shape index (κ3) is 3.33. The predicted molar refractivity (Wildman–Crippen MR) is 123 cm³/mol. The monoisotopic (exact) mass is 444 g/mol. The summed E-state index contributed by atoms with van der Waals surface area (Å²) in [6.07, 6.45) is 0.268. The zero-order chi connectivity index (χ0) is 22.3. The van der Waals surface area contributed by atoms with Gasteiger partial charge in [0.15, 0.2) is 5.54 Å². The summed E-state index contributed by atoms with van der Waals surface area (Å²) in [6.45, 7) is 1.85. The van der Waals surface area contributed by atoms with Crippen molar-refractivity contribution in [1.82, 2.24) is 20.2 Å². The summed E-state index contributed by atoms with van der Waals surface area (Å²) in [7, 11) is 0. The van der Waals surface area contributed by atoms with Crippen LogP contribution in [0.2, 0.25) is 5.02 Å². The van der Waals surface area contributed by atoms with Gasteiger partial charge in [-0.15, -0.1) is 0 Å². The molecular weight excluding hydrogens is 424 g/mol. The van der Waals surface area contributed by atoms with E-state index in [1.165, 1.54) is 4.90 Å². The van der Waals surface area contributed by atoms with Crippen LogP contribution in [0.5, 0.6) is 0 Å². The fraction of sp³-hybridized carbons (Fsp3) is 0.160. The van der Waals surface area contributed by atoms with Crippen LogP contribution in [-0.4, -0.2) is 26.8 Å². The lowest BCUT2D eigenvalue weighted by molar-refractivity contribution is -0.133. The number of hydrogen-bond donors (Lipinski definition) is 2. The second kappa shape index (κ2) is 7.80. The summed E-state index contributed by atoms with van der Waals surface area (Å²) in [4.78, 5) is 36.3. The van der Waals surface area contributed by atoms with Crippen LogP contribution in [-0.2, 0) is 16.8 Å². The summed E-state index contributed by atoms with van der Waals surface area (Å²) >= 11 is 6.14. The van der Waals surface area contributed by atoms with Crippen molar-refractivity contribution in [2.75, 3.05) is 0 Å². The van der Waals surface area contributed by atoms with Gasteiger partial charge in [0.25, 0.3) is 5.91 Å². The first-order valence-electron chi connectivity index (χ1n) is 10.4. The van der Waals surface area contributed by atoms with E-state index in [-0.39, 0.29) is 12.3 Å². The van der Waals surface area contributed by atoms with Gasteiger partial charge in [-0.1, -0.05) is 72.3 Å². The summed E-state index contributed by atoms with van der Waals surface area (Å²) in [5.41, 5.74) is 1.81. The van der Waals surface area contributed by atoms with Gasteiger partial charge in [0.05, 0.1) is 17.1 Å². The highest BCUT2D eigenvalue weighted by Gasteiger charge is 2.55. The minimum absolute atomic E-state index is 0.268. The van der Waals surface area contributed by atoms with E-state index in [0.717, 1.165) is 11.1 Å². The van der Waals surface area contributed by atoms with E-state index in [2.05, 4.69) is 15.3 Å². The highest BCUT2D eigenvalue weighted by molar-refractivity contribution is 6.31. The van der Waals surface area contributed by atoms with Gasteiger partial charge in [0, 0.05) is 11.4 Å². The molecule has 0 unspecified atom stereocenters. The molecule has 0 bridgehead atoms. The van der Waals surface area contributed by atoms with Crippen molar-refractivity contribution in [3.05, 3.63) is 101 Å². The molecular formula is C25H21ClN4O2. The van der Waals surface area contributed by atoms with E-state index in [1.807, 2.05) is 67.6 Å². The first-order valence-corrected chi connectivity index (χ1v) is 10.8. The summed E-state index contributed by atoms with van der Waals surface area (Å²) in [5, 5.41) is 3.53. The Hall–Kier alpha value is -3.64. The second-order valence-corrected chi connectivity index (χ2v) is 8.44. The second-order valence-electron chi connectivity index (χ2n) is 8.01. The van der Waals surface area contributed by atoms with Gasteiger partial charge >= 0.3 is 6.03 Å². The van der Waals surface area contributed by atoms with Crippen molar-refractivity contribution < 1.29 is 9.59 Å². The number of halogens is 1. The van der Waals surface area contributed by atoms with Crippen LogP contribution in [0.4, 0.5) is 4.79 Å². The molecule has 6 nitrogen and oxygen atoms in total. The fourth-order valence-corrected chi connectivity index (χ4v) is 4.45. The molecule has 1 saturated heterocycles. The van der Waals surface area contributed by atoms with Crippen LogP contribution in [0.3, 0.4) is 0 Å². The Morgan fingerprint density at radius 1 is 1.00 bits per heavy atom. The lowest BCUT2D eigenvalue weighted by Gasteiger charge is -2.27. The molecule has 5 rings (SSSR count).